The molecule has 2 rings (SSSR count). The number of hydrogen-bond donors (Lipinski definition) is 0. The lowest BCUT2D eigenvalue weighted by Gasteiger charge is -2.62. The summed E-state index contributed by atoms with van der Waals surface area (Å²) in [4.78, 5) is 0. The largest absolute Gasteiger partial charge is 0.100 e. The Morgan fingerprint density at radius 2 is 0.606 bits per heavy atom. The van der Waals surface area contributed by atoms with Crippen LogP contribution in [-0.2, 0) is 0 Å². The molecule has 0 aliphatic rings. The number of aryl methyl sites for hydroxylation is 6. The molecule has 0 atom stereocenters. The zero-order valence-corrected chi connectivity index (χ0v) is 29.8. The third-order valence-electron chi connectivity index (χ3n) is 9.73. The van der Waals surface area contributed by atoms with Crippen LogP contribution >= 0.6 is 0 Å². The lowest BCUT2D eigenvalue weighted by molar-refractivity contribution is 1.33. The second-order valence-corrected chi connectivity index (χ2v) is 65.0. The molecule has 0 N–H and O–H groups in total. The Bertz CT molecular complexity index is 917. The summed E-state index contributed by atoms with van der Waals surface area (Å²) in [7, 11) is -8.36. The fourth-order valence-electron chi connectivity index (χ4n) is 6.82. The lowest BCUT2D eigenvalue weighted by atomic mass is 10.1. The van der Waals surface area contributed by atoms with Crippen molar-refractivity contribution in [1.82, 2.24) is 0 Å². The predicted molar refractivity (Wildman–Crippen MR) is 168 cm³/mol. The Kier molecular flexibility index (Phi) is 7.74. The maximum atomic E-state index is 2.86. The van der Waals surface area contributed by atoms with Crippen LogP contribution in [0.5, 0.6) is 0 Å². The summed E-state index contributed by atoms with van der Waals surface area (Å²) in [6.07, 6.45) is 0. The summed E-state index contributed by atoms with van der Waals surface area (Å²) in [5, 5.41) is 3.72. The Hall–Kier alpha value is -0.476. The van der Waals surface area contributed by atoms with Crippen LogP contribution in [0.3, 0.4) is 0 Å². The highest BCUT2D eigenvalue weighted by molar-refractivity contribution is 7.97. The molecule has 184 valence electrons. The average Bonchev–Trinajstić information content (AvgIpc) is 2.55. The molecule has 0 bridgehead atoms. The van der Waals surface area contributed by atoms with Crippen LogP contribution in [0.4, 0.5) is 0 Å². The van der Waals surface area contributed by atoms with Crippen molar-refractivity contribution in [3.8, 4) is 0 Å². The van der Waals surface area contributed by atoms with Crippen molar-refractivity contribution < 1.29 is 0 Å². The van der Waals surface area contributed by atoms with Crippen LogP contribution in [0.1, 0.15) is 33.4 Å². The first-order chi connectivity index (χ1) is 14.6. The van der Waals surface area contributed by atoms with Crippen LogP contribution in [0.2, 0.25) is 65.5 Å². The first-order valence-corrected chi connectivity index (χ1v) is 31.8. The van der Waals surface area contributed by atoms with E-state index < -0.39 is 36.5 Å². The maximum Gasteiger partial charge on any atom is 0.100 e. The molecule has 33 heavy (non-hydrogen) atoms. The van der Waals surface area contributed by atoms with Gasteiger partial charge in [0.25, 0.3) is 0 Å². The molecule has 2 aromatic carbocycles. The fourth-order valence-corrected chi connectivity index (χ4v) is 119. The molecular weight excluding hydrogens is 477 g/mol. The summed E-state index contributed by atoms with van der Waals surface area (Å²) in [5.41, 5.74) is 9.22. The van der Waals surface area contributed by atoms with Gasteiger partial charge in [0.1, 0.15) is 7.11 Å². The topological polar surface area (TPSA) is 0 Å². The van der Waals surface area contributed by atoms with Crippen LogP contribution in [0, 0.1) is 41.5 Å². The summed E-state index contributed by atoms with van der Waals surface area (Å²) in [5.74, 6) is 0. The van der Waals surface area contributed by atoms with Crippen LogP contribution < -0.4 is 10.4 Å². The molecule has 5 heteroatoms. The molecular formula is C28H52Si5. The van der Waals surface area contributed by atoms with Crippen molar-refractivity contribution in [1.29, 1.82) is 0 Å². The molecule has 0 saturated carbocycles. The first kappa shape index (κ1) is 28.8. The van der Waals surface area contributed by atoms with E-state index in [1.165, 1.54) is 11.1 Å². The number of benzene rings is 2. The molecule has 0 saturated heterocycles. The van der Waals surface area contributed by atoms with Crippen LogP contribution in [0.25, 0.3) is 0 Å². The zero-order chi connectivity index (χ0) is 25.9. The molecule has 0 heterocycles. The highest BCUT2D eigenvalue weighted by atomic mass is 29.9. The fraction of sp³-hybridized carbons (Fsp3) is 0.571. The molecule has 2 aromatic rings. The number of hydrogen-bond acceptors (Lipinski definition) is 0. The van der Waals surface area contributed by atoms with E-state index in [4.69, 9.17) is 0 Å². The van der Waals surface area contributed by atoms with E-state index in [0.717, 1.165) is 0 Å². The van der Waals surface area contributed by atoms with Crippen LogP contribution in [-0.4, -0.2) is 36.5 Å². The van der Waals surface area contributed by atoms with Crippen molar-refractivity contribution in [2.75, 3.05) is 0 Å². The molecule has 0 aliphatic carbocycles. The van der Waals surface area contributed by atoms with E-state index >= 15 is 0 Å². The molecule has 0 unspecified atom stereocenters. The Balaban J connectivity index is 3.44. The minimum atomic E-state index is -2.10. The smallest absolute Gasteiger partial charge is 0.0727 e. The molecule has 0 radical (unpaired) electrons. The van der Waals surface area contributed by atoms with Gasteiger partial charge in [-0.3, -0.25) is 0 Å². The minimum Gasteiger partial charge on any atom is -0.0727 e. The Morgan fingerprint density at radius 3 is 0.788 bits per heavy atom. The van der Waals surface area contributed by atoms with Crippen molar-refractivity contribution in [3.05, 3.63) is 57.6 Å². The second-order valence-electron chi connectivity index (χ2n) is 14.0. The molecule has 0 aromatic heterocycles. The first-order valence-electron chi connectivity index (χ1n) is 12.8. The number of rotatable bonds is 6. The second kappa shape index (κ2) is 8.88. The molecule has 0 amide bonds. The predicted octanol–water partition coefficient (Wildman–Crippen LogP) is 7.51. The van der Waals surface area contributed by atoms with E-state index in [2.05, 4.69) is 131 Å². The van der Waals surface area contributed by atoms with E-state index in [-0.39, 0.29) is 0 Å². The molecule has 0 spiro atoms. The monoisotopic (exact) mass is 528 g/mol. The third-order valence-corrected chi connectivity index (χ3v) is 96.8. The molecule has 0 aliphatic heterocycles. The summed E-state index contributed by atoms with van der Waals surface area (Å²) in [6.45, 7) is 42.1. The Labute approximate surface area is 210 Å². The standard InChI is InChI=1S/C28H52Si5/c1-21-17-23(3)27(24(4)18-21)33(31(13,14)29(7,8)9,32(15,16)30(10,11)12)28-25(5)19-22(2)20-26(28)6/h17-20H,1-16H3. The average molecular weight is 529 g/mol. The van der Waals surface area contributed by atoms with Gasteiger partial charge >= 0.3 is 0 Å². The quantitative estimate of drug-likeness (QED) is 0.340. The summed E-state index contributed by atoms with van der Waals surface area (Å²) < 4.78 is 0. The van der Waals surface area contributed by atoms with Gasteiger partial charge in [-0.15, -0.1) is 0 Å². The maximum absolute atomic E-state index is 2.86. The van der Waals surface area contributed by atoms with Gasteiger partial charge in [-0.2, -0.15) is 0 Å². The van der Waals surface area contributed by atoms with E-state index in [1.807, 2.05) is 10.4 Å². The normalized spacial score (nSPS) is 14.1. The van der Waals surface area contributed by atoms with Gasteiger partial charge in [0.05, 0.1) is 0 Å². The third kappa shape index (κ3) is 4.35. The molecule has 0 nitrogen and oxygen atoms in total. The van der Waals surface area contributed by atoms with Gasteiger partial charge in [-0.1, -0.05) is 133 Å². The Morgan fingerprint density at radius 1 is 0.394 bits per heavy atom. The summed E-state index contributed by atoms with van der Waals surface area (Å²) in [6, 6.07) is 10.1. The van der Waals surface area contributed by atoms with E-state index in [0.29, 0.717) is 0 Å². The lowest BCUT2D eigenvalue weighted by Crippen LogP contribution is -2.95. The van der Waals surface area contributed by atoms with Gasteiger partial charge in [0.2, 0.25) is 0 Å². The molecule has 0 fully saturated rings. The van der Waals surface area contributed by atoms with Crippen molar-refractivity contribution in [3.63, 3.8) is 0 Å². The van der Waals surface area contributed by atoms with Crippen molar-refractivity contribution >= 4 is 46.9 Å². The minimum absolute atomic E-state index is 1.42. The zero-order valence-electron chi connectivity index (χ0n) is 24.8. The van der Waals surface area contributed by atoms with Crippen molar-refractivity contribution in [2.45, 2.75) is 107 Å². The SMILES string of the molecule is Cc1cc(C)c([Si](c2c(C)cc(C)cc2C)([Si](C)(C)[Si](C)(C)C)[Si](C)(C)[Si](C)(C)C)c(C)c1. The van der Waals surface area contributed by atoms with Gasteiger partial charge < -0.3 is 0 Å². The summed E-state index contributed by atoms with van der Waals surface area (Å²) >= 11 is 0. The van der Waals surface area contributed by atoms with Gasteiger partial charge in [-0.05, 0) is 41.5 Å². The van der Waals surface area contributed by atoms with Gasteiger partial charge in [-0.25, -0.2) is 0 Å². The van der Waals surface area contributed by atoms with Gasteiger partial charge in [0, 0.05) is 29.4 Å². The highest BCUT2D eigenvalue weighted by Crippen LogP contribution is 2.41. The van der Waals surface area contributed by atoms with E-state index in [1.54, 1.807) is 22.3 Å². The van der Waals surface area contributed by atoms with Crippen molar-refractivity contribution in [2.24, 2.45) is 0 Å². The van der Waals surface area contributed by atoms with Crippen LogP contribution in [0.15, 0.2) is 24.3 Å². The van der Waals surface area contributed by atoms with E-state index in [9.17, 15) is 0 Å². The van der Waals surface area contributed by atoms with Gasteiger partial charge in [0.15, 0.2) is 0 Å². The highest BCUT2D eigenvalue weighted by Gasteiger charge is 2.68.